The Morgan fingerprint density at radius 2 is 1.95 bits per heavy atom. The topological polar surface area (TPSA) is 105 Å². The Bertz CT molecular complexity index is 725. The van der Waals surface area contributed by atoms with Crippen LogP contribution >= 0.6 is 0 Å². The Hall–Kier alpha value is -3.03. The fourth-order valence-electron chi connectivity index (χ4n) is 1.72. The van der Waals surface area contributed by atoms with Gasteiger partial charge < -0.3 is 10.5 Å². The normalized spacial score (nSPS) is 10.5. The van der Waals surface area contributed by atoms with E-state index in [9.17, 15) is 0 Å². The summed E-state index contributed by atoms with van der Waals surface area (Å²) >= 11 is 0. The van der Waals surface area contributed by atoms with E-state index in [4.69, 9.17) is 10.5 Å². The van der Waals surface area contributed by atoms with Gasteiger partial charge in [-0.25, -0.2) is 4.98 Å². The van der Waals surface area contributed by atoms with Crippen molar-refractivity contribution in [2.45, 2.75) is 13.3 Å². The molecule has 2 aromatic heterocycles. The second-order valence-electron chi connectivity index (χ2n) is 4.22. The molecule has 0 saturated carbocycles. The minimum atomic E-state index is 0.0516. The van der Waals surface area contributed by atoms with Crippen LogP contribution in [0, 0.1) is 0 Å². The number of aryl methyl sites for hydroxylation is 1. The van der Waals surface area contributed by atoms with Crippen LogP contribution in [0.15, 0.2) is 36.9 Å². The Morgan fingerprint density at radius 3 is 2.62 bits per heavy atom. The van der Waals surface area contributed by atoms with E-state index in [2.05, 4.69) is 32.0 Å². The van der Waals surface area contributed by atoms with Crippen molar-refractivity contribution in [3.8, 4) is 17.7 Å². The monoisotopic (exact) mass is 283 g/mol. The minimum absolute atomic E-state index is 0.0516. The Morgan fingerprint density at radius 1 is 1.14 bits per heavy atom. The lowest BCUT2D eigenvalue weighted by Gasteiger charge is -2.06. The van der Waals surface area contributed by atoms with E-state index in [1.807, 2.05) is 24.3 Å². The molecular formula is C13H13N7O. The molecule has 8 heteroatoms. The third-order valence-corrected chi connectivity index (χ3v) is 2.78. The molecule has 0 saturated heterocycles. The molecule has 3 aromatic rings. The summed E-state index contributed by atoms with van der Waals surface area (Å²) in [5.74, 6) is 0.929. The van der Waals surface area contributed by atoms with Crippen LogP contribution < -0.4 is 10.5 Å². The van der Waals surface area contributed by atoms with Crippen LogP contribution in [0.5, 0.6) is 11.8 Å². The molecule has 1 aromatic carbocycles. The van der Waals surface area contributed by atoms with Crippen molar-refractivity contribution in [1.29, 1.82) is 0 Å². The first-order valence-corrected chi connectivity index (χ1v) is 6.38. The van der Waals surface area contributed by atoms with Crippen LogP contribution in [0.1, 0.15) is 12.5 Å². The third-order valence-electron chi connectivity index (χ3n) is 2.78. The zero-order valence-electron chi connectivity index (χ0n) is 11.3. The molecule has 0 amide bonds. The summed E-state index contributed by atoms with van der Waals surface area (Å²) in [7, 11) is 0. The van der Waals surface area contributed by atoms with Gasteiger partial charge in [-0.2, -0.15) is 24.7 Å². The molecule has 21 heavy (non-hydrogen) atoms. The van der Waals surface area contributed by atoms with Crippen LogP contribution in [-0.2, 0) is 6.42 Å². The van der Waals surface area contributed by atoms with E-state index in [0.717, 1.165) is 6.42 Å². The van der Waals surface area contributed by atoms with Gasteiger partial charge in [-0.05, 0) is 24.1 Å². The van der Waals surface area contributed by atoms with Gasteiger partial charge in [-0.3, -0.25) is 0 Å². The maximum Gasteiger partial charge on any atom is 0.328 e. The average molecular weight is 283 g/mol. The summed E-state index contributed by atoms with van der Waals surface area (Å²) in [6, 6.07) is 7.79. The standard InChI is InChI=1S/C13H13N7O/c1-2-9-3-5-10(6-4-9)21-13-18-11(14)17-12(19-13)20-8-15-7-16-20/h3-8H,2H2,1H3,(H2,14,17,18,19). The summed E-state index contributed by atoms with van der Waals surface area (Å²) in [5, 5.41) is 3.94. The van der Waals surface area contributed by atoms with Crippen LogP contribution in [0.2, 0.25) is 0 Å². The minimum Gasteiger partial charge on any atom is -0.424 e. The summed E-state index contributed by atoms with van der Waals surface area (Å²) in [4.78, 5) is 15.9. The maximum absolute atomic E-state index is 5.66. The van der Waals surface area contributed by atoms with Crippen molar-refractivity contribution in [1.82, 2.24) is 29.7 Å². The second kappa shape index (κ2) is 5.53. The molecule has 0 aliphatic carbocycles. The van der Waals surface area contributed by atoms with E-state index in [-0.39, 0.29) is 17.9 Å². The van der Waals surface area contributed by atoms with Gasteiger partial charge in [-0.1, -0.05) is 19.1 Å². The molecule has 0 spiro atoms. The molecule has 0 fully saturated rings. The van der Waals surface area contributed by atoms with Gasteiger partial charge in [0.2, 0.25) is 5.95 Å². The lowest BCUT2D eigenvalue weighted by Crippen LogP contribution is -2.07. The first-order chi connectivity index (χ1) is 10.2. The first-order valence-electron chi connectivity index (χ1n) is 6.38. The molecule has 2 N–H and O–H groups in total. The van der Waals surface area contributed by atoms with Gasteiger partial charge >= 0.3 is 6.01 Å². The fourth-order valence-corrected chi connectivity index (χ4v) is 1.72. The molecular weight excluding hydrogens is 270 g/mol. The zero-order chi connectivity index (χ0) is 14.7. The van der Waals surface area contributed by atoms with E-state index in [1.165, 1.54) is 22.9 Å². The first kappa shape index (κ1) is 13.0. The largest absolute Gasteiger partial charge is 0.424 e. The molecule has 0 aliphatic heterocycles. The van der Waals surface area contributed by atoms with E-state index >= 15 is 0 Å². The van der Waals surface area contributed by atoms with Gasteiger partial charge in [-0.15, -0.1) is 0 Å². The predicted molar refractivity (Wildman–Crippen MR) is 75.1 cm³/mol. The highest BCUT2D eigenvalue weighted by atomic mass is 16.5. The number of hydrogen-bond donors (Lipinski definition) is 1. The van der Waals surface area contributed by atoms with Crippen molar-refractivity contribution in [3.05, 3.63) is 42.5 Å². The highest BCUT2D eigenvalue weighted by Gasteiger charge is 2.09. The molecule has 0 atom stereocenters. The predicted octanol–water partition coefficient (Wildman–Crippen LogP) is 1.39. The van der Waals surface area contributed by atoms with Crippen molar-refractivity contribution < 1.29 is 4.74 Å². The highest BCUT2D eigenvalue weighted by Crippen LogP contribution is 2.19. The Balaban J connectivity index is 1.88. The van der Waals surface area contributed by atoms with Gasteiger partial charge in [0.25, 0.3) is 5.95 Å². The number of aromatic nitrogens is 6. The van der Waals surface area contributed by atoms with Crippen LogP contribution in [0.4, 0.5) is 5.95 Å². The molecule has 106 valence electrons. The summed E-state index contributed by atoms with van der Waals surface area (Å²) in [6.07, 6.45) is 3.81. The molecule has 0 unspecified atom stereocenters. The van der Waals surface area contributed by atoms with Crippen molar-refractivity contribution in [2.24, 2.45) is 0 Å². The van der Waals surface area contributed by atoms with Crippen LogP contribution in [-0.4, -0.2) is 29.7 Å². The summed E-state index contributed by atoms with van der Waals surface area (Å²) in [6.45, 7) is 2.09. The van der Waals surface area contributed by atoms with E-state index < -0.39 is 0 Å². The summed E-state index contributed by atoms with van der Waals surface area (Å²) in [5.41, 5.74) is 6.88. The van der Waals surface area contributed by atoms with Gasteiger partial charge in [0.15, 0.2) is 0 Å². The van der Waals surface area contributed by atoms with E-state index in [0.29, 0.717) is 5.75 Å². The fraction of sp³-hybridized carbons (Fsp3) is 0.154. The number of rotatable bonds is 4. The van der Waals surface area contributed by atoms with Crippen molar-refractivity contribution in [2.75, 3.05) is 5.73 Å². The second-order valence-corrected chi connectivity index (χ2v) is 4.22. The highest BCUT2D eigenvalue weighted by molar-refractivity contribution is 5.31. The van der Waals surface area contributed by atoms with Gasteiger partial charge in [0.1, 0.15) is 18.4 Å². The molecule has 0 radical (unpaired) electrons. The number of nitrogens with two attached hydrogens (primary N) is 1. The number of hydrogen-bond acceptors (Lipinski definition) is 7. The van der Waals surface area contributed by atoms with Crippen molar-refractivity contribution in [3.63, 3.8) is 0 Å². The molecule has 3 rings (SSSR count). The molecule has 8 nitrogen and oxygen atoms in total. The third kappa shape index (κ3) is 2.94. The number of anilines is 1. The zero-order valence-corrected chi connectivity index (χ0v) is 11.3. The lowest BCUT2D eigenvalue weighted by atomic mass is 10.2. The lowest BCUT2D eigenvalue weighted by molar-refractivity contribution is 0.438. The SMILES string of the molecule is CCc1ccc(Oc2nc(N)nc(-n3cncn3)n2)cc1. The Labute approximate surface area is 120 Å². The number of benzene rings is 1. The van der Waals surface area contributed by atoms with Gasteiger partial charge in [0, 0.05) is 0 Å². The van der Waals surface area contributed by atoms with Crippen LogP contribution in [0.25, 0.3) is 5.95 Å². The quantitative estimate of drug-likeness (QED) is 0.771. The van der Waals surface area contributed by atoms with Gasteiger partial charge in [0.05, 0.1) is 0 Å². The number of nitrogen functional groups attached to an aromatic ring is 1. The number of nitrogens with zero attached hydrogens (tertiary/aromatic N) is 6. The summed E-state index contributed by atoms with van der Waals surface area (Å²) < 4.78 is 6.97. The Kier molecular flexibility index (Phi) is 3.42. The maximum atomic E-state index is 5.66. The number of ether oxygens (including phenoxy) is 1. The molecule has 0 aliphatic rings. The molecule has 0 bridgehead atoms. The smallest absolute Gasteiger partial charge is 0.328 e. The van der Waals surface area contributed by atoms with E-state index in [1.54, 1.807) is 0 Å². The molecule has 2 heterocycles. The van der Waals surface area contributed by atoms with Crippen molar-refractivity contribution >= 4 is 5.95 Å². The average Bonchev–Trinajstić information content (AvgIpc) is 3.02. The van der Waals surface area contributed by atoms with Crippen LogP contribution in [0.3, 0.4) is 0 Å².